The van der Waals surface area contributed by atoms with Crippen molar-refractivity contribution in [3.63, 3.8) is 0 Å². The molecule has 0 aromatic heterocycles. The molecule has 0 amide bonds. The van der Waals surface area contributed by atoms with Gasteiger partial charge in [-0.2, -0.15) is 0 Å². The second-order valence-electron chi connectivity index (χ2n) is 4.18. The van der Waals surface area contributed by atoms with Crippen LogP contribution in [-0.2, 0) is 4.74 Å². The molecule has 0 heterocycles. The number of fused-ring (bicyclic) bond motifs is 1. The van der Waals surface area contributed by atoms with Crippen molar-refractivity contribution in [1.29, 1.82) is 0 Å². The third kappa shape index (κ3) is 2.68. The molecule has 94 valence electrons. The Bertz CT molecular complexity index is 543. The van der Waals surface area contributed by atoms with E-state index in [1.165, 1.54) is 0 Å². The van der Waals surface area contributed by atoms with Crippen LogP contribution in [0.5, 0.6) is 0 Å². The van der Waals surface area contributed by atoms with Crippen molar-refractivity contribution in [3.05, 3.63) is 48.0 Å². The molecule has 1 atom stereocenters. The van der Waals surface area contributed by atoms with E-state index >= 15 is 0 Å². The third-order valence-corrected chi connectivity index (χ3v) is 2.79. The summed E-state index contributed by atoms with van der Waals surface area (Å²) in [6, 6.07) is 13.1. The topological polar surface area (TPSA) is 46.5 Å². The fourth-order valence-electron chi connectivity index (χ4n) is 1.90. The fraction of sp³-hybridized carbons (Fsp3) is 0.267. The average Bonchev–Trinajstić information content (AvgIpc) is 2.38. The molecule has 0 spiro atoms. The Morgan fingerprint density at radius 2 is 1.94 bits per heavy atom. The van der Waals surface area contributed by atoms with Gasteiger partial charge in [0, 0.05) is 6.42 Å². The fourth-order valence-corrected chi connectivity index (χ4v) is 1.90. The summed E-state index contributed by atoms with van der Waals surface area (Å²) in [6.07, 6.45) is 0.196. The number of rotatable bonds is 4. The molecule has 0 aliphatic carbocycles. The minimum Gasteiger partial charge on any atom is -0.432 e. The largest absolute Gasteiger partial charge is 0.432 e. The van der Waals surface area contributed by atoms with Gasteiger partial charge in [-0.15, -0.1) is 0 Å². The van der Waals surface area contributed by atoms with E-state index in [9.17, 15) is 9.90 Å². The molecular weight excluding hydrogens is 228 g/mol. The number of esters is 1. The van der Waals surface area contributed by atoms with Gasteiger partial charge in [0.25, 0.3) is 0 Å². The smallest absolute Gasteiger partial charge is 0.341 e. The first-order valence-corrected chi connectivity index (χ1v) is 6.09. The van der Waals surface area contributed by atoms with Gasteiger partial charge in [0.1, 0.15) is 0 Å². The Kier molecular flexibility index (Phi) is 3.95. The van der Waals surface area contributed by atoms with Gasteiger partial charge in [0.05, 0.1) is 5.56 Å². The van der Waals surface area contributed by atoms with Gasteiger partial charge in [0.15, 0.2) is 0 Å². The van der Waals surface area contributed by atoms with Gasteiger partial charge in [0.2, 0.25) is 6.29 Å². The highest BCUT2D eigenvalue weighted by Gasteiger charge is 2.14. The van der Waals surface area contributed by atoms with Crippen LogP contribution in [0.2, 0.25) is 0 Å². The first kappa shape index (κ1) is 12.6. The maximum atomic E-state index is 12.0. The Hall–Kier alpha value is -1.87. The van der Waals surface area contributed by atoms with Crippen molar-refractivity contribution in [1.82, 2.24) is 0 Å². The maximum Gasteiger partial charge on any atom is 0.341 e. The first-order chi connectivity index (χ1) is 8.72. The van der Waals surface area contributed by atoms with Crippen LogP contribution in [0, 0.1) is 0 Å². The number of aliphatic hydroxyl groups is 1. The second-order valence-corrected chi connectivity index (χ2v) is 4.18. The molecule has 2 aromatic carbocycles. The summed E-state index contributed by atoms with van der Waals surface area (Å²) in [5.74, 6) is -0.479. The summed E-state index contributed by atoms with van der Waals surface area (Å²) in [6.45, 7) is 1.93. The van der Waals surface area contributed by atoms with Crippen LogP contribution in [0.1, 0.15) is 30.1 Å². The molecule has 0 saturated heterocycles. The van der Waals surface area contributed by atoms with Gasteiger partial charge in [-0.1, -0.05) is 49.7 Å². The summed E-state index contributed by atoms with van der Waals surface area (Å²) >= 11 is 0. The standard InChI is InChI=1S/C15H16O3/c1-2-6-14(16)18-15(17)13-10-5-8-11-7-3-4-9-12(11)13/h3-5,7-10,14,16H,2,6H2,1H3. The van der Waals surface area contributed by atoms with E-state index in [0.717, 1.165) is 17.2 Å². The van der Waals surface area contributed by atoms with Crippen molar-refractivity contribution in [2.24, 2.45) is 0 Å². The highest BCUT2D eigenvalue weighted by molar-refractivity contribution is 6.04. The number of carbonyl (C=O) groups excluding carboxylic acids is 1. The molecule has 1 N–H and O–H groups in total. The zero-order chi connectivity index (χ0) is 13.0. The maximum absolute atomic E-state index is 12.0. The first-order valence-electron chi connectivity index (χ1n) is 6.09. The molecule has 0 saturated carbocycles. The zero-order valence-corrected chi connectivity index (χ0v) is 10.3. The number of hydrogen-bond donors (Lipinski definition) is 1. The van der Waals surface area contributed by atoms with E-state index in [2.05, 4.69) is 0 Å². The van der Waals surface area contributed by atoms with Gasteiger partial charge in [-0.05, 0) is 16.8 Å². The van der Waals surface area contributed by atoms with Crippen LogP contribution in [0.25, 0.3) is 10.8 Å². The lowest BCUT2D eigenvalue weighted by Gasteiger charge is -2.12. The van der Waals surface area contributed by atoms with Gasteiger partial charge in [-0.25, -0.2) is 4.79 Å². The van der Waals surface area contributed by atoms with Crippen LogP contribution >= 0.6 is 0 Å². The van der Waals surface area contributed by atoms with Crippen LogP contribution in [-0.4, -0.2) is 17.4 Å². The Morgan fingerprint density at radius 1 is 1.22 bits per heavy atom. The van der Waals surface area contributed by atoms with E-state index in [0.29, 0.717) is 12.0 Å². The highest BCUT2D eigenvalue weighted by atomic mass is 16.6. The van der Waals surface area contributed by atoms with Crippen molar-refractivity contribution in [2.45, 2.75) is 26.1 Å². The predicted octanol–water partition coefficient (Wildman–Crippen LogP) is 3.12. The monoisotopic (exact) mass is 244 g/mol. The van der Waals surface area contributed by atoms with Crippen LogP contribution < -0.4 is 0 Å². The number of carbonyl (C=O) groups is 1. The lowest BCUT2D eigenvalue weighted by atomic mass is 10.0. The van der Waals surface area contributed by atoms with Crippen LogP contribution in [0.4, 0.5) is 0 Å². The number of benzene rings is 2. The molecule has 2 rings (SSSR count). The second kappa shape index (κ2) is 5.65. The van der Waals surface area contributed by atoms with Gasteiger partial charge >= 0.3 is 5.97 Å². The summed E-state index contributed by atoms with van der Waals surface area (Å²) in [4.78, 5) is 12.0. The van der Waals surface area contributed by atoms with E-state index in [1.54, 1.807) is 6.07 Å². The van der Waals surface area contributed by atoms with Crippen LogP contribution in [0.3, 0.4) is 0 Å². The Balaban J connectivity index is 2.28. The predicted molar refractivity (Wildman–Crippen MR) is 70.3 cm³/mol. The van der Waals surface area contributed by atoms with Crippen molar-refractivity contribution < 1.29 is 14.6 Å². The molecule has 3 nitrogen and oxygen atoms in total. The minimum absolute atomic E-state index is 0.455. The van der Waals surface area contributed by atoms with Crippen LogP contribution in [0.15, 0.2) is 42.5 Å². The number of ether oxygens (including phenoxy) is 1. The van der Waals surface area contributed by atoms with E-state index in [4.69, 9.17) is 4.74 Å². The summed E-state index contributed by atoms with van der Waals surface area (Å²) in [5, 5.41) is 11.3. The molecule has 0 radical (unpaired) electrons. The minimum atomic E-state index is -1.03. The lowest BCUT2D eigenvalue weighted by Crippen LogP contribution is -2.17. The normalized spacial score (nSPS) is 12.3. The molecule has 0 aliphatic heterocycles. The Morgan fingerprint density at radius 3 is 2.72 bits per heavy atom. The lowest BCUT2D eigenvalue weighted by molar-refractivity contribution is -0.0684. The molecular formula is C15H16O3. The average molecular weight is 244 g/mol. The highest BCUT2D eigenvalue weighted by Crippen LogP contribution is 2.19. The zero-order valence-electron chi connectivity index (χ0n) is 10.3. The number of aliphatic hydroxyl groups excluding tert-OH is 1. The van der Waals surface area contributed by atoms with E-state index in [1.807, 2.05) is 43.3 Å². The summed E-state index contributed by atoms with van der Waals surface area (Å²) in [7, 11) is 0. The SMILES string of the molecule is CCCC(O)OC(=O)c1cccc2ccccc12. The molecule has 0 bridgehead atoms. The van der Waals surface area contributed by atoms with E-state index < -0.39 is 12.3 Å². The summed E-state index contributed by atoms with van der Waals surface area (Å²) < 4.78 is 5.00. The molecule has 0 fully saturated rings. The molecule has 2 aromatic rings. The Labute approximate surface area is 106 Å². The quantitative estimate of drug-likeness (QED) is 0.664. The molecule has 1 unspecified atom stereocenters. The van der Waals surface area contributed by atoms with E-state index in [-0.39, 0.29) is 0 Å². The van der Waals surface area contributed by atoms with Gasteiger partial charge in [-0.3, -0.25) is 0 Å². The number of hydrogen-bond acceptors (Lipinski definition) is 3. The van der Waals surface area contributed by atoms with Crippen molar-refractivity contribution in [2.75, 3.05) is 0 Å². The molecule has 3 heteroatoms. The van der Waals surface area contributed by atoms with Gasteiger partial charge < -0.3 is 9.84 Å². The van der Waals surface area contributed by atoms with Crippen molar-refractivity contribution in [3.8, 4) is 0 Å². The van der Waals surface area contributed by atoms with Crippen molar-refractivity contribution >= 4 is 16.7 Å². The molecule has 0 aliphatic rings. The summed E-state index contributed by atoms with van der Waals surface area (Å²) in [5.41, 5.74) is 0.489. The third-order valence-electron chi connectivity index (χ3n) is 2.79. The molecule has 18 heavy (non-hydrogen) atoms.